The maximum atomic E-state index is 5.82. The van der Waals surface area contributed by atoms with Crippen molar-refractivity contribution in [2.75, 3.05) is 0 Å². The second-order valence-corrected chi connectivity index (χ2v) is 6.15. The molecule has 0 bridgehead atoms. The van der Waals surface area contributed by atoms with Crippen molar-refractivity contribution in [2.24, 2.45) is 0 Å². The molecule has 2 heteroatoms. The van der Waals surface area contributed by atoms with Gasteiger partial charge in [-0.05, 0) is 24.1 Å². The molecule has 0 aliphatic carbocycles. The molecule has 0 atom stereocenters. The summed E-state index contributed by atoms with van der Waals surface area (Å²) >= 11 is 7.82. The zero-order chi connectivity index (χ0) is 10.6. The Hall–Kier alpha value is -0.140. The van der Waals surface area contributed by atoms with Crippen LogP contribution >= 0.6 is 23.4 Å². The number of halogens is 1. The van der Waals surface area contributed by atoms with Crippen molar-refractivity contribution in [3.63, 3.8) is 0 Å². The standard InChI is InChI=1S/C12H17ClS/c1-4-12(2,3)14-9-10-5-7-11(13)8-6-10/h5-8H,4,9H2,1-3H3. The van der Waals surface area contributed by atoms with Crippen LogP contribution in [0.15, 0.2) is 24.3 Å². The van der Waals surface area contributed by atoms with Crippen molar-refractivity contribution < 1.29 is 0 Å². The Kier molecular flexibility index (Phi) is 4.33. The molecular formula is C12H17ClS. The second-order valence-electron chi connectivity index (χ2n) is 4.03. The Morgan fingerprint density at radius 3 is 2.29 bits per heavy atom. The molecule has 0 saturated heterocycles. The van der Waals surface area contributed by atoms with E-state index in [2.05, 4.69) is 32.9 Å². The molecule has 78 valence electrons. The zero-order valence-electron chi connectivity index (χ0n) is 9.01. The number of benzene rings is 1. The molecule has 0 aliphatic rings. The van der Waals surface area contributed by atoms with E-state index in [1.54, 1.807) is 0 Å². The first-order valence-electron chi connectivity index (χ1n) is 4.92. The highest BCUT2D eigenvalue weighted by Gasteiger charge is 2.14. The van der Waals surface area contributed by atoms with Gasteiger partial charge in [0, 0.05) is 15.5 Å². The second kappa shape index (κ2) is 5.09. The molecule has 0 saturated carbocycles. The minimum absolute atomic E-state index is 0.375. The lowest BCUT2D eigenvalue weighted by Crippen LogP contribution is -2.12. The molecule has 0 aromatic heterocycles. The summed E-state index contributed by atoms with van der Waals surface area (Å²) in [6.45, 7) is 6.80. The molecule has 0 spiro atoms. The van der Waals surface area contributed by atoms with Gasteiger partial charge in [0.1, 0.15) is 0 Å². The van der Waals surface area contributed by atoms with E-state index in [0.29, 0.717) is 4.75 Å². The first kappa shape index (κ1) is 11.9. The Labute approximate surface area is 96.0 Å². The Morgan fingerprint density at radius 2 is 1.79 bits per heavy atom. The van der Waals surface area contributed by atoms with Gasteiger partial charge in [0.15, 0.2) is 0 Å². The van der Waals surface area contributed by atoms with Gasteiger partial charge in [-0.15, -0.1) is 0 Å². The van der Waals surface area contributed by atoms with Crippen LogP contribution in [0.5, 0.6) is 0 Å². The number of hydrogen-bond donors (Lipinski definition) is 0. The summed E-state index contributed by atoms with van der Waals surface area (Å²) < 4.78 is 0.375. The molecule has 0 nitrogen and oxygen atoms in total. The van der Waals surface area contributed by atoms with E-state index in [4.69, 9.17) is 11.6 Å². The fraction of sp³-hybridized carbons (Fsp3) is 0.500. The number of rotatable bonds is 4. The predicted octanol–water partition coefficient (Wildman–Crippen LogP) is 4.76. The molecule has 1 rings (SSSR count). The van der Waals surface area contributed by atoms with Crippen LogP contribution in [0.25, 0.3) is 0 Å². The Balaban J connectivity index is 2.50. The molecule has 1 aromatic rings. The van der Waals surface area contributed by atoms with E-state index >= 15 is 0 Å². The van der Waals surface area contributed by atoms with Crippen molar-refractivity contribution in [3.05, 3.63) is 34.9 Å². The maximum Gasteiger partial charge on any atom is 0.0406 e. The summed E-state index contributed by atoms with van der Waals surface area (Å²) in [6, 6.07) is 8.11. The van der Waals surface area contributed by atoms with E-state index < -0.39 is 0 Å². The average molecular weight is 229 g/mol. The molecule has 0 heterocycles. The molecule has 0 fully saturated rings. The molecule has 0 N–H and O–H groups in total. The first-order chi connectivity index (χ1) is 6.53. The van der Waals surface area contributed by atoms with Crippen molar-refractivity contribution in [1.29, 1.82) is 0 Å². The number of thioether (sulfide) groups is 1. The molecule has 0 unspecified atom stereocenters. The summed E-state index contributed by atoms with van der Waals surface area (Å²) in [6.07, 6.45) is 1.20. The smallest absolute Gasteiger partial charge is 0.0406 e. The summed E-state index contributed by atoms with van der Waals surface area (Å²) in [5.41, 5.74) is 1.35. The predicted molar refractivity (Wildman–Crippen MR) is 67.1 cm³/mol. The van der Waals surface area contributed by atoms with Crippen LogP contribution in [0, 0.1) is 0 Å². The van der Waals surface area contributed by atoms with Crippen molar-refractivity contribution >= 4 is 23.4 Å². The maximum absolute atomic E-state index is 5.82. The molecule has 0 amide bonds. The topological polar surface area (TPSA) is 0 Å². The van der Waals surface area contributed by atoms with Gasteiger partial charge < -0.3 is 0 Å². The van der Waals surface area contributed by atoms with Crippen LogP contribution in [0.4, 0.5) is 0 Å². The van der Waals surface area contributed by atoms with Crippen molar-refractivity contribution in [1.82, 2.24) is 0 Å². The van der Waals surface area contributed by atoms with Gasteiger partial charge in [-0.1, -0.05) is 44.5 Å². The largest absolute Gasteiger partial charge is 0.151 e. The monoisotopic (exact) mass is 228 g/mol. The van der Waals surface area contributed by atoms with Gasteiger partial charge >= 0.3 is 0 Å². The summed E-state index contributed by atoms with van der Waals surface area (Å²) in [5, 5.41) is 0.813. The van der Waals surface area contributed by atoms with Gasteiger partial charge in [0.05, 0.1) is 0 Å². The molecular weight excluding hydrogens is 212 g/mol. The third kappa shape index (κ3) is 3.93. The molecule has 0 aliphatic heterocycles. The molecule has 14 heavy (non-hydrogen) atoms. The van der Waals surface area contributed by atoms with E-state index in [9.17, 15) is 0 Å². The zero-order valence-corrected chi connectivity index (χ0v) is 10.6. The van der Waals surface area contributed by atoms with E-state index in [1.165, 1.54) is 12.0 Å². The third-order valence-corrected chi connectivity index (χ3v) is 4.19. The fourth-order valence-electron chi connectivity index (χ4n) is 0.961. The average Bonchev–Trinajstić information content (AvgIpc) is 2.17. The lowest BCUT2D eigenvalue weighted by atomic mass is 10.1. The van der Waals surface area contributed by atoms with Crippen LogP contribution in [-0.4, -0.2) is 4.75 Å². The van der Waals surface area contributed by atoms with Crippen LogP contribution < -0.4 is 0 Å². The SMILES string of the molecule is CCC(C)(C)SCc1ccc(Cl)cc1. The first-order valence-corrected chi connectivity index (χ1v) is 6.28. The van der Waals surface area contributed by atoms with E-state index in [-0.39, 0.29) is 0 Å². The summed E-state index contributed by atoms with van der Waals surface area (Å²) in [7, 11) is 0. The third-order valence-electron chi connectivity index (χ3n) is 2.39. The Bertz CT molecular complexity index is 277. The van der Waals surface area contributed by atoms with Gasteiger partial charge in [-0.2, -0.15) is 11.8 Å². The summed E-state index contributed by atoms with van der Waals surface area (Å²) in [4.78, 5) is 0. The number of hydrogen-bond acceptors (Lipinski definition) is 1. The Morgan fingerprint density at radius 1 is 1.21 bits per heavy atom. The highest BCUT2D eigenvalue weighted by molar-refractivity contribution is 7.99. The van der Waals surface area contributed by atoms with E-state index in [0.717, 1.165) is 10.8 Å². The lowest BCUT2D eigenvalue weighted by molar-refractivity contribution is 0.684. The van der Waals surface area contributed by atoms with Crippen molar-refractivity contribution in [3.8, 4) is 0 Å². The summed E-state index contributed by atoms with van der Waals surface area (Å²) in [5.74, 6) is 1.07. The van der Waals surface area contributed by atoms with Gasteiger partial charge in [0.2, 0.25) is 0 Å². The fourth-order valence-corrected chi connectivity index (χ4v) is 2.04. The van der Waals surface area contributed by atoms with Gasteiger partial charge in [-0.3, -0.25) is 0 Å². The molecule has 0 radical (unpaired) electrons. The minimum atomic E-state index is 0.375. The van der Waals surface area contributed by atoms with Gasteiger partial charge in [0.25, 0.3) is 0 Å². The minimum Gasteiger partial charge on any atom is -0.151 e. The quantitative estimate of drug-likeness (QED) is 0.716. The normalized spacial score (nSPS) is 11.7. The van der Waals surface area contributed by atoms with Crippen LogP contribution in [0.3, 0.4) is 0 Å². The highest BCUT2D eigenvalue weighted by atomic mass is 35.5. The highest BCUT2D eigenvalue weighted by Crippen LogP contribution is 2.30. The lowest BCUT2D eigenvalue weighted by Gasteiger charge is -2.21. The van der Waals surface area contributed by atoms with Crippen LogP contribution in [0.2, 0.25) is 5.02 Å². The molecule has 1 aromatic carbocycles. The van der Waals surface area contributed by atoms with Gasteiger partial charge in [-0.25, -0.2) is 0 Å². The van der Waals surface area contributed by atoms with E-state index in [1.807, 2.05) is 23.9 Å². The van der Waals surface area contributed by atoms with Crippen LogP contribution in [0.1, 0.15) is 32.8 Å². The van der Waals surface area contributed by atoms with Crippen LogP contribution in [-0.2, 0) is 5.75 Å². The van der Waals surface area contributed by atoms with Crippen molar-refractivity contribution in [2.45, 2.75) is 37.7 Å².